The number of rotatable bonds is 3. The standard InChI is InChI=1S/C18H24N4/c1-13-17(10-16(19-3)12-21-13)15-9-18(14(2)20-11-15)22-7-5-4-6-8-22/h9-12,19H,4-8H2,1-3H3. The Morgan fingerprint density at radius 2 is 1.68 bits per heavy atom. The van der Waals surface area contributed by atoms with Crippen molar-refractivity contribution < 1.29 is 0 Å². The van der Waals surface area contributed by atoms with Crippen LogP contribution in [0.3, 0.4) is 0 Å². The minimum absolute atomic E-state index is 1.03. The van der Waals surface area contributed by atoms with Crippen LogP contribution in [0.15, 0.2) is 24.5 Å². The third-order valence-corrected chi connectivity index (χ3v) is 4.44. The van der Waals surface area contributed by atoms with E-state index in [1.165, 1.54) is 24.9 Å². The summed E-state index contributed by atoms with van der Waals surface area (Å²) in [7, 11) is 1.92. The molecule has 1 aliphatic heterocycles. The summed E-state index contributed by atoms with van der Waals surface area (Å²) in [6, 6.07) is 4.42. The van der Waals surface area contributed by atoms with Crippen molar-refractivity contribution in [2.75, 3.05) is 30.4 Å². The van der Waals surface area contributed by atoms with E-state index < -0.39 is 0 Å². The fourth-order valence-corrected chi connectivity index (χ4v) is 3.09. The van der Waals surface area contributed by atoms with Crippen molar-refractivity contribution in [3.8, 4) is 11.1 Å². The van der Waals surface area contributed by atoms with Crippen LogP contribution >= 0.6 is 0 Å². The van der Waals surface area contributed by atoms with Gasteiger partial charge in [0.15, 0.2) is 0 Å². The summed E-state index contributed by atoms with van der Waals surface area (Å²) in [6.07, 6.45) is 7.73. The molecule has 0 aromatic carbocycles. The zero-order valence-corrected chi connectivity index (χ0v) is 13.7. The molecular weight excluding hydrogens is 272 g/mol. The molecule has 0 atom stereocenters. The number of anilines is 2. The van der Waals surface area contributed by atoms with E-state index in [2.05, 4.69) is 46.2 Å². The zero-order valence-electron chi connectivity index (χ0n) is 13.7. The maximum Gasteiger partial charge on any atom is 0.0606 e. The second-order valence-electron chi connectivity index (χ2n) is 5.98. The normalized spacial score (nSPS) is 15.0. The molecule has 0 aliphatic carbocycles. The molecule has 1 fully saturated rings. The van der Waals surface area contributed by atoms with E-state index in [0.717, 1.165) is 41.3 Å². The molecule has 0 spiro atoms. The average molecular weight is 296 g/mol. The number of aromatic nitrogens is 2. The summed E-state index contributed by atoms with van der Waals surface area (Å²) in [4.78, 5) is 11.6. The zero-order chi connectivity index (χ0) is 15.5. The molecule has 4 nitrogen and oxygen atoms in total. The molecule has 1 N–H and O–H groups in total. The van der Waals surface area contributed by atoms with Crippen molar-refractivity contribution in [1.29, 1.82) is 0 Å². The molecule has 1 saturated heterocycles. The summed E-state index contributed by atoms with van der Waals surface area (Å²) in [5.41, 5.74) is 6.74. The third kappa shape index (κ3) is 2.91. The van der Waals surface area contributed by atoms with Crippen molar-refractivity contribution >= 4 is 11.4 Å². The van der Waals surface area contributed by atoms with Crippen LogP contribution < -0.4 is 10.2 Å². The first-order valence-corrected chi connectivity index (χ1v) is 8.05. The van der Waals surface area contributed by atoms with E-state index in [4.69, 9.17) is 0 Å². The lowest BCUT2D eigenvalue weighted by atomic mass is 10.0. The van der Waals surface area contributed by atoms with E-state index in [-0.39, 0.29) is 0 Å². The predicted molar refractivity (Wildman–Crippen MR) is 92.6 cm³/mol. The van der Waals surface area contributed by atoms with E-state index >= 15 is 0 Å². The fourth-order valence-electron chi connectivity index (χ4n) is 3.09. The van der Waals surface area contributed by atoms with Gasteiger partial charge in [-0.3, -0.25) is 9.97 Å². The Morgan fingerprint density at radius 1 is 0.955 bits per heavy atom. The first-order chi connectivity index (χ1) is 10.7. The Labute approximate surface area is 132 Å². The highest BCUT2D eigenvalue weighted by Gasteiger charge is 2.15. The second kappa shape index (κ2) is 6.34. The Morgan fingerprint density at radius 3 is 2.41 bits per heavy atom. The summed E-state index contributed by atoms with van der Waals surface area (Å²) in [6.45, 7) is 6.43. The van der Waals surface area contributed by atoms with Crippen LogP contribution in [0.4, 0.5) is 11.4 Å². The van der Waals surface area contributed by atoms with Crippen molar-refractivity contribution in [2.24, 2.45) is 0 Å². The Kier molecular flexibility index (Phi) is 4.27. The monoisotopic (exact) mass is 296 g/mol. The molecule has 3 heterocycles. The van der Waals surface area contributed by atoms with Crippen LogP contribution in [0.25, 0.3) is 11.1 Å². The van der Waals surface area contributed by atoms with Crippen LogP contribution in [0, 0.1) is 13.8 Å². The van der Waals surface area contributed by atoms with Crippen molar-refractivity contribution in [1.82, 2.24) is 9.97 Å². The average Bonchev–Trinajstić information content (AvgIpc) is 2.57. The summed E-state index contributed by atoms with van der Waals surface area (Å²) in [5, 5.41) is 3.16. The smallest absolute Gasteiger partial charge is 0.0606 e. The molecule has 2 aromatic heterocycles. The summed E-state index contributed by atoms with van der Waals surface area (Å²) >= 11 is 0. The largest absolute Gasteiger partial charge is 0.387 e. The lowest BCUT2D eigenvalue weighted by Crippen LogP contribution is -2.30. The van der Waals surface area contributed by atoms with Gasteiger partial charge in [0.2, 0.25) is 0 Å². The quantitative estimate of drug-likeness (QED) is 0.935. The minimum atomic E-state index is 1.03. The van der Waals surface area contributed by atoms with Crippen molar-refractivity contribution in [3.05, 3.63) is 35.9 Å². The summed E-state index contributed by atoms with van der Waals surface area (Å²) in [5.74, 6) is 0. The van der Waals surface area contributed by atoms with Gasteiger partial charge in [0.05, 0.1) is 23.3 Å². The maximum absolute atomic E-state index is 4.64. The number of nitrogens with zero attached hydrogens (tertiary/aromatic N) is 3. The molecular formula is C18H24N4. The van der Waals surface area contributed by atoms with E-state index in [0.29, 0.717) is 0 Å². The van der Waals surface area contributed by atoms with Crippen LogP contribution in [0.2, 0.25) is 0 Å². The molecule has 0 radical (unpaired) electrons. The van der Waals surface area contributed by atoms with Gasteiger partial charge in [-0.15, -0.1) is 0 Å². The van der Waals surface area contributed by atoms with Gasteiger partial charge in [0.1, 0.15) is 0 Å². The molecule has 116 valence electrons. The topological polar surface area (TPSA) is 41.1 Å². The molecule has 4 heteroatoms. The number of hydrogen-bond donors (Lipinski definition) is 1. The highest BCUT2D eigenvalue weighted by molar-refractivity contribution is 5.73. The molecule has 22 heavy (non-hydrogen) atoms. The molecule has 0 bridgehead atoms. The first kappa shape index (κ1) is 14.8. The van der Waals surface area contributed by atoms with Gasteiger partial charge in [0, 0.05) is 43.2 Å². The summed E-state index contributed by atoms with van der Waals surface area (Å²) < 4.78 is 0. The first-order valence-electron chi connectivity index (χ1n) is 8.05. The fraction of sp³-hybridized carbons (Fsp3) is 0.444. The van der Waals surface area contributed by atoms with Crippen LogP contribution in [-0.4, -0.2) is 30.1 Å². The highest BCUT2D eigenvalue weighted by Crippen LogP contribution is 2.30. The predicted octanol–water partition coefficient (Wildman–Crippen LogP) is 3.79. The van der Waals surface area contributed by atoms with Crippen molar-refractivity contribution in [3.63, 3.8) is 0 Å². The number of piperidine rings is 1. The minimum Gasteiger partial charge on any atom is -0.387 e. The molecule has 0 saturated carbocycles. The van der Waals surface area contributed by atoms with Gasteiger partial charge in [-0.05, 0) is 45.2 Å². The number of pyridine rings is 2. The molecule has 0 unspecified atom stereocenters. The highest BCUT2D eigenvalue weighted by atomic mass is 15.1. The number of hydrogen-bond acceptors (Lipinski definition) is 4. The molecule has 0 amide bonds. The van der Waals surface area contributed by atoms with Gasteiger partial charge < -0.3 is 10.2 Å². The Bertz CT molecular complexity index is 660. The van der Waals surface area contributed by atoms with Gasteiger partial charge in [-0.2, -0.15) is 0 Å². The Balaban J connectivity index is 2.01. The second-order valence-corrected chi connectivity index (χ2v) is 5.98. The van der Waals surface area contributed by atoms with Crippen LogP contribution in [0.5, 0.6) is 0 Å². The third-order valence-electron chi connectivity index (χ3n) is 4.44. The van der Waals surface area contributed by atoms with Gasteiger partial charge >= 0.3 is 0 Å². The lowest BCUT2D eigenvalue weighted by Gasteiger charge is -2.30. The van der Waals surface area contributed by atoms with E-state index in [9.17, 15) is 0 Å². The number of aryl methyl sites for hydroxylation is 2. The van der Waals surface area contributed by atoms with Gasteiger partial charge in [-0.1, -0.05) is 0 Å². The van der Waals surface area contributed by atoms with Gasteiger partial charge in [-0.25, -0.2) is 0 Å². The van der Waals surface area contributed by atoms with Gasteiger partial charge in [0.25, 0.3) is 0 Å². The Hall–Kier alpha value is -2.10. The van der Waals surface area contributed by atoms with Crippen LogP contribution in [-0.2, 0) is 0 Å². The van der Waals surface area contributed by atoms with E-state index in [1.807, 2.05) is 19.4 Å². The maximum atomic E-state index is 4.64. The van der Waals surface area contributed by atoms with E-state index in [1.54, 1.807) is 0 Å². The SMILES string of the molecule is CNc1cnc(C)c(-c2cnc(C)c(N3CCCCC3)c2)c1. The lowest BCUT2D eigenvalue weighted by molar-refractivity contribution is 0.576. The number of nitrogens with one attached hydrogen (secondary N) is 1. The van der Waals surface area contributed by atoms with Crippen molar-refractivity contribution in [2.45, 2.75) is 33.1 Å². The molecule has 1 aliphatic rings. The molecule has 2 aromatic rings. The molecule has 3 rings (SSSR count). The van der Waals surface area contributed by atoms with Crippen LogP contribution in [0.1, 0.15) is 30.7 Å².